The number of anilines is 1. The van der Waals surface area contributed by atoms with E-state index in [2.05, 4.69) is 5.32 Å². The number of carbonyl (C=O) groups excluding carboxylic acids is 1. The van der Waals surface area contributed by atoms with Gasteiger partial charge in [-0.2, -0.15) is 0 Å². The van der Waals surface area contributed by atoms with Crippen LogP contribution < -0.4 is 11.1 Å². The number of nitrogens with one attached hydrogen (secondary N) is 1. The minimum absolute atomic E-state index is 0.221. The fourth-order valence-electron chi connectivity index (χ4n) is 1.34. The molecule has 5 nitrogen and oxygen atoms in total. The first-order valence-electron chi connectivity index (χ1n) is 5.12. The Labute approximate surface area is 97.2 Å². The van der Waals surface area contributed by atoms with Crippen LogP contribution in [0.15, 0.2) is 12.3 Å². The molecule has 0 saturated heterocycles. The number of alkyl halides is 2. The summed E-state index contributed by atoms with van der Waals surface area (Å²) in [7, 11) is 0. The van der Waals surface area contributed by atoms with Gasteiger partial charge in [0.15, 0.2) is 0 Å². The largest absolute Gasteiger partial charge is 0.397 e. The van der Waals surface area contributed by atoms with Gasteiger partial charge in [-0.25, -0.2) is 8.78 Å². The molecule has 1 heterocycles. The third-order valence-electron chi connectivity index (χ3n) is 2.23. The molecule has 96 valence electrons. The second kappa shape index (κ2) is 5.13. The second-order valence-corrected chi connectivity index (χ2v) is 3.64. The van der Waals surface area contributed by atoms with Crippen molar-refractivity contribution in [3.8, 4) is 0 Å². The molecule has 1 aromatic heterocycles. The molecule has 0 aliphatic heterocycles. The smallest absolute Gasteiger partial charge is 0.287 e. The van der Waals surface area contributed by atoms with Crippen molar-refractivity contribution in [2.75, 3.05) is 18.9 Å². The Hall–Kier alpha value is -1.63. The highest BCUT2D eigenvalue weighted by Crippen LogP contribution is 2.13. The molecule has 0 spiro atoms. The molecule has 0 radical (unpaired) electrons. The number of aliphatic hydroxyl groups is 1. The van der Waals surface area contributed by atoms with E-state index in [-0.39, 0.29) is 5.69 Å². The summed E-state index contributed by atoms with van der Waals surface area (Å²) in [6.07, 6.45) is 1.55. The molecule has 1 aromatic rings. The summed E-state index contributed by atoms with van der Waals surface area (Å²) in [5.74, 6) is -3.96. The summed E-state index contributed by atoms with van der Waals surface area (Å²) in [6.45, 7) is 0.107. The van der Waals surface area contributed by atoms with Crippen LogP contribution in [-0.2, 0) is 6.54 Å². The Bertz CT molecular complexity index is 404. The monoisotopic (exact) mass is 247 g/mol. The molecule has 0 unspecified atom stereocenters. The Kier molecular flexibility index (Phi) is 4.06. The molecular formula is C10H15F2N3O2. The van der Waals surface area contributed by atoms with Crippen molar-refractivity contribution in [2.24, 2.45) is 0 Å². The van der Waals surface area contributed by atoms with Gasteiger partial charge in [0.2, 0.25) is 0 Å². The van der Waals surface area contributed by atoms with E-state index in [0.29, 0.717) is 12.2 Å². The van der Waals surface area contributed by atoms with Gasteiger partial charge in [0.1, 0.15) is 12.3 Å². The zero-order chi connectivity index (χ0) is 13.1. The molecule has 0 saturated carbocycles. The van der Waals surface area contributed by atoms with Crippen molar-refractivity contribution in [2.45, 2.75) is 19.4 Å². The van der Waals surface area contributed by atoms with E-state index in [4.69, 9.17) is 10.8 Å². The molecule has 7 heteroatoms. The van der Waals surface area contributed by atoms with Gasteiger partial charge in [0, 0.05) is 12.7 Å². The Morgan fingerprint density at radius 1 is 1.65 bits per heavy atom. The average molecular weight is 247 g/mol. The maximum Gasteiger partial charge on any atom is 0.287 e. The van der Waals surface area contributed by atoms with Crippen LogP contribution in [0.3, 0.4) is 0 Å². The Morgan fingerprint density at radius 3 is 2.82 bits per heavy atom. The first-order chi connectivity index (χ1) is 7.89. The SMILES string of the molecule is CCn1cc(N)cc1C(=O)NCC(F)(F)CO. The first kappa shape index (κ1) is 13.4. The summed E-state index contributed by atoms with van der Waals surface area (Å²) >= 11 is 0. The molecule has 17 heavy (non-hydrogen) atoms. The molecule has 0 bridgehead atoms. The third kappa shape index (κ3) is 3.42. The highest BCUT2D eigenvalue weighted by Gasteiger charge is 2.28. The molecule has 4 N–H and O–H groups in total. The van der Waals surface area contributed by atoms with Gasteiger partial charge in [0.05, 0.1) is 12.2 Å². The lowest BCUT2D eigenvalue weighted by Gasteiger charge is -2.14. The lowest BCUT2D eigenvalue weighted by atomic mass is 10.3. The molecule has 0 aromatic carbocycles. The normalized spacial score (nSPS) is 11.5. The van der Waals surface area contributed by atoms with E-state index in [0.717, 1.165) is 0 Å². The van der Waals surface area contributed by atoms with Crippen molar-refractivity contribution in [3.05, 3.63) is 18.0 Å². The van der Waals surface area contributed by atoms with E-state index in [1.165, 1.54) is 6.07 Å². The number of nitrogens with two attached hydrogens (primary N) is 1. The van der Waals surface area contributed by atoms with Crippen LogP contribution in [0.2, 0.25) is 0 Å². The number of nitrogens with zero attached hydrogens (tertiary/aromatic N) is 1. The van der Waals surface area contributed by atoms with Gasteiger partial charge in [-0.15, -0.1) is 0 Å². The second-order valence-electron chi connectivity index (χ2n) is 3.64. The number of aromatic nitrogens is 1. The molecular weight excluding hydrogens is 232 g/mol. The summed E-state index contributed by atoms with van der Waals surface area (Å²) < 4.78 is 27.0. The van der Waals surface area contributed by atoms with Crippen LogP contribution in [0.5, 0.6) is 0 Å². The number of hydrogen-bond acceptors (Lipinski definition) is 3. The van der Waals surface area contributed by atoms with Crippen LogP contribution in [0.25, 0.3) is 0 Å². The van der Waals surface area contributed by atoms with E-state index < -0.39 is 25.0 Å². The number of rotatable bonds is 5. The van der Waals surface area contributed by atoms with Gasteiger partial charge in [-0.05, 0) is 13.0 Å². The summed E-state index contributed by atoms with van der Waals surface area (Å²) in [6, 6.07) is 1.41. The van der Waals surface area contributed by atoms with E-state index in [1.807, 2.05) is 0 Å². The molecule has 0 atom stereocenters. The predicted molar refractivity (Wildman–Crippen MR) is 58.9 cm³/mol. The zero-order valence-corrected chi connectivity index (χ0v) is 9.41. The molecule has 1 rings (SSSR count). The zero-order valence-electron chi connectivity index (χ0n) is 9.41. The maximum absolute atomic E-state index is 12.7. The number of aryl methyl sites for hydroxylation is 1. The van der Waals surface area contributed by atoms with Crippen LogP contribution >= 0.6 is 0 Å². The number of halogens is 2. The van der Waals surface area contributed by atoms with Crippen molar-refractivity contribution >= 4 is 11.6 Å². The summed E-state index contributed by atoms with van der Waals surface area (Å²) in [5.41, 5.74) is 6.13. The molecule has 0 aliphatic rings. The van der Waals surface area contributed by atoms with Crippen LogP contribution in [0.4, 0.5) is 14.5 Å². The number of hydrogen-bond donors (Lipinski definition) is 3. The van der Waals surface area contributed by atoms with Crippen LogP contribution in [0, 0.1) is 0 Å². The standard InChI is InChI=1S/C10H15F2N3O2/c1-2-15-4-7(13)3-8(15)9(17)14-5-10(11,12)6-16/h3-4,16H,2,5-6,13H2,1H3,(H,14,17). The number of nitrogen functional groups attached to an aromatic ring is 1. The number of amides is 1. The summed E-state index contributed by atoms with van der Waals surface area (Å²) in [4.78, 5) is 11.6. The maximum atomic E-state index is 12.7. The minimum atomic E-state index is -3.31. The fourth-order valence-corrected chi connectivity index (χ4v) is 1.34. The van der Waals surface area contributed by atoms with Crippen molar-refractivity contribution in [3.63, 3.8) is 0 Å². The third-order valence-corrected chi connectivity index (χ3v) is 2.23. The lowest BCUT2D eigenvalue weighted by molar-refractivity contribution is -0.0462. The van der Waals surface area contributed by atoms with Crippen molar-refractivity contribution in [1.82, 2.24) is 9.88 Å². The molecule has 1 amide bonds. The highest BCUT2D eigenvalue weighted by atomic mass is 19.3. The van der Waals surface area contributed by atoms with Crippen molar-refractivity contribution < 1.29 is 18.7 Å². The van der Waals surface area contributed by atoms with E-state index >= 15 is 0 Å². The Balaban J connectivity index is 2.70. The summed E-state index contributed by atoms with van der Waals surface area (Å²) in [5, 5.41) is 10.4. The van der Waals surface area contributed by atoms with E-state index in [9.17, 15) is 13.6 Å². The lowest BCUT2D eigenvalue weighted by Crippen LogP contribution is -2.39. The number of aliphatic hydroxyl groups excluding tert-OH is 1. The van der Waals surface area contributed by atoms with E-state index in [1.54, 1.807) is 17.7 Å². The van der Waals surface area contributed by atoms with Gasteiger partial charge in [0.25, 0.3) is 11.8 Å². The Morgan fingerprint density at radius 2 is 2.29 bits per heavy atom. The number of carbonyl (C=O) groups is 1. The van der Waals surface area contributed by atoms with Gasteiger partial charge in [-0.3, -0.25) is 4.79 Å². The molecule has 0 aliphatic carbocycles. The van der Waals surface area contributed by atoms with Gasteiger partial charge >= 0.3 is 0 Å². The van der Waals surface area contributed by atoms with Crippen LogP contribution in [-0.4, -0.2) is 34.7 Å². The quantitative estimate of drug-likeness (QED) is 0.706. The van der Waals surface area contributed by atoms with Crippen molar-refractivity contribution in [1.29, 1.82) is 0 Å². The first-order valence-corrected chi connectivity index (χ1v) is 5.12. The van der Waals surface area contributed by atoms with Gasteiger partial charge in [-0.1, -0.05) is 0 Å². The van der Waals surface area contributed by atoms with Gasteiger partial charge < -0.3 is 20.7 Å². The highest BCUT2D eigenvalue weighted by molar-refractivity contribution is 5.93. The predicted octanol–water partition coefficient (Wildman–Crippen LogP) is 0.448. The fraction of sp³-hybridized carbons (Fsp3) is 0.500. The average Bonchev–Trinajstić information content (AvgIpc) is 2.67. The minimum Gasteiger partial charge on any atom is -0.397 e. The van der Waals surface area contributed by atoms with Crippen LogP contribution in [0.1, 0.15) is 17.4 Å². The molecule has 0 fully saturated rings. The topological polar surface area (TPSA) is 80.3 Å².